The fraction of sp³-hybridized carbons (Fsp3) is 0.571. The predicted molar refractivity (Wildman–Crippen MR) is 107 cm³/mol. The molecule has 0 bridgehead atoms. The molecule has 6 heteroatoms. The quantitative estimate of drug-likeness (QED) is 0.462. The Kier molecular flexibility index (Phi) is 10.8. The Morgan fingerprint density at radius 2 is 1.67 bits per heavy atom. The van der Waals surface area contributed by atoms with Crippen LogP contribution in [0, 0.1) is 0 Å². The first-order valence-corrected chi connectivity index (χ1v) is 9.84. The molecule has 2 atom stereocenters. The lowest BCUT2D eigenvalue weighted by atomic mass is 10.1. The van der Waals surface area contributed by atoms with E-state index in [1.807, 2.05) is 37.3 Å². The van der Waals surface area contributed by atoms with Crippen molar-refractivity contribution >= 4 is 17.7 Å². The first-order chi connectivity index (χ1) is 12.9. The minimum atomic E-state index is -0.927. The van der Waals surface area contributed by atoms with Gasteiger partial charge in [-0.3, -0.25) is 14.4 Å². The van der Waals surface area contributed by atoms with Gasteiger partial charge < -0.3 is 16.4 Å². The molecule has 27 heavy (non-hydrogen) atoms. The van der Waals surface area contributed by atoms with Crippen LogP contribution >= 0.6 is 0 Å². The van der Waals surface area contributed by atoms with Crippen LogP contribution in [-0.2, 0) is 20.8 Å². The molecule has 0 fully saturated rings. The van der Waals surface area contributed by atoms with E-state index in [0.29, 0.717) is 12.8 Å². The first kappa shape index (κ1) is 22.7. The van der Waals surface area contributed by atoms with E-state index in [0.717, 1.165) is 37.7 Å². The van der Waals surface area contributed by atoms with Gasteiger partial charge in [0.05, 0.1) is 6.42 Å². The van der Waals surface area contributed by atoms with Crippen molar-refractivity contribution in [2.75, 3.05) is 0 Å². The monoisotopic (exact) mass is 375 g/mol. The molecule has 1 aromatic rings. The molecule has 6 nitrogen and oxygen atoms in total. The number of rotatable bonds is 13. The number of carbonyl (C=O) groups excluding carboxylic acids is 3. The molecule has 0 saturated carbocycles. The summed E-state index contributed by atoms with van der Waals surface area (Å²) in [5.74, 6) is -1.21. The van der Waals surface area contributed by atoms with Gasteiger partial charge in [-0.15, -0.1) is 0 Å². The van der Waals surface area contributed by atoms with Crippen LogP contribution < -0.4 is 16.4 Å². The second kappa shape index (κ2) is 12.9. The Morgan fingerprint density at radius 1 is 1.00 bits per heavy atom. The Morgan fingerprint density at radius 3 is 2.30 bits per heavy atom. The van der Waals surface area contributed by atoms with E-state index in [1.54, 1.807) is 0 Å². The molecule has 0 heterocycles. The fourth-order valence-corrected chi connectivity index (χ4v) is 2.93. The van der Waals surface area contributed by atoms with Crippen molar-refractivity contribution in [1.29, 1.82) is 0 Å². The lowest BCUT2D eigenvalue weighted by Crippen LogP contribution is -2.50. The van der Waals surface area contributed by atoms with Crippen LogP contribution in [0.25, 0.3) is 0 Å². The fourth-order valence-electron chi connectivity index (χ4n) is 2.93. The summed E-state index contributed by atoms with van der Waals surface area (Å²) in [7, 11) is 0. The molecule has 3 amide bonds. The third kappa shape index (κ3) is 10.4. The summed E-state index contributed by atoms with van der Waals surface area (Å²) in [6.07, 6.45) is 6.00. The zero-order chi connectivity index (χ0) is 20.1. The van der Waals surface area contributed by atoms with Crippen molar-refractivity contribution in [3.63, 3.8) is 0 Å². The summed E-state index contributed by atoms with van der Waals surface area (Å²) >= 11 is 0. The normalized spacial score (nSPS) is 12.8. The van der Waals surface area contributed by atoms with Gasteiger partial charge in [-0.05, 0) is 25.3 Å². The molecular weight excluding hydrogens is 342 g/mol. The van der Waals surface area contributed by atoms with Gasteiger partial charge in [-0.25, -0.2) is 0 Å². The lowest BCUT2D eigenvalue weighted by Gasteiger charge is -2.20. The average Bonchev–Trinajstić information content (AvgIpc) is 2.61. The smallest absolute Gasteiger partial charge is 0.243 e. The number of amides is 3. The molecule has 0 aliphatic rings. The highest BCUT2D eigenvalue weighted by Gasteiger charge is 2.23. The van der Waals surface area contributed by atoms with Gasteiger partial charge in [0, 0.05) is 12.5 Å². The maximum absolute atomic E-state index is 12.5. The number of hydrogen-bond acceptors (Lipinski definition) is 3. The van der Waals surface area contributed by atoms with Crippen LogP contribution in [0.2, 0.25) is 0 Å². The van der Waals surface area contributed by atoms with Crippen LogP contribution in [0.4, 0.5) is 0 Å². The Bertz CT molecular complexity index is 590. The zero-order valence-corrected chi connectivity index (χ0v) is 16.5. The van der Waals surface area contributed by atoms with Crippen molar-refractivity contribution in [2.45, 2.75) is 77.3 Å². The molecular formula is C21H33N3O3. The van der Waals surface area contributed by atoms with Crippen molar-refractivity contribution in [3.05, 3.63) is 35.9 Å². The van der Waals surface area contributed by atoms with Crippen molar-refractivity contribution < 1.29 is 14.4 Å². The molecule has 0 spiro atoms. The topological polar surface area (TPSA) is 101 Å². The van der Waals surface area contributed by atoms with Crippen molar-refractivity contribution in [3.8, 4) is 0 Å². The van der Waals surface area contributed by atoms with Gasteiger partial charge in [0.1, 0.15) is 6.04 Å². The SMILES string of the molecule is CCCCCCCC(=O)N[C@H](CC(N)=O)C(=O)NC(C)Cc1ccccc1. The van der Waals surface area contributed by atoms with Crippen LogP contribution in [-0.4, -0.2) is 29.8 Å². The molecule has 0 aliphatic heterocycles. The number of primary amides is 1. The van der Waals surface area contributed by atoms with E-state index in [4.69, 9.17) is 5.73 Å². The van der Waals surface area contributed by atoms with Crippen molar-refractivity contribution in [1.82, 2.24) is 10.6 Å². The number of carbonyl (C=O) groups is 3. The average molecular weight is 376 g/mol. The second-order valence-electron chi connectivity index (χ2n) is 7.05. The Balaban J connectivity index is 2.49. The van der Waals surface area contributed by atoms with Gasteiger partial charge >= 0.3 is 0 Å². The summed E-state index contributed by atoms with van der Waals surface area (Å²) < 4.78 is 0. The minimum absolute atomic E-state index is 0.124. The van der Waals surface area contributed by atoms with Crippen LogP contribution in [0.15, 0.2) is 30.3 Å². The maximum Gasteiger partial charge on any atom is 0.243 e. The largest absolute Gasteiger partial charge is 0.370 e. The van der Waals surface area contributed by atoms with E-state index < -0.39 is 11.9 Å². The molecule has 1 aromatic carbocycles. The summed E-state index contributed by atoms with van der Waals surface area (Å²) in [6.45, 7) is 4.03. The van der Waals surface area contributed by atoms with E-state index in [2.05, 4.69) is 17.6 Å². The van der Waals surface area contributed by atoms with Gasteiger partial charge in [0.25, 0.3) is 0 Å². The zero-order valence-electron chi connectivity index (χ0n) is 16.5. The Labute approximate surface area is 162 Å². The van der Waals surface area contributed by atoms with Crippen molar-refractivity contribution in [2.24, 2.45) is 5.73 Å². The number of unbranched alkanes of at least 4 members (excludes halogenated alkanes) is 4. The summed E-state index contributed by atoms with van der Waals surface area (Å²) in [5, 5.41) is 5.52. The minimum Gasteiger partial charge on any atom is -0.370 e. The highest BCUT2D eigenvalue weighted by atomic mass is 16.2. The summed E-state index contributed by atoms with van der Waals surface area (Å²) in [6, 6.07) is 8.76. The van der Waals surface area contributed by atoms with E-state index in [9.17, 15) is 14.4 Å². The molecule has 1 unspecified atom stereocenters. The predicted octanol–water partition coefficient (Wildman–Crippen LogP) is 2.45. The first-order valence-electron chi connectivity index (χ1n) is 9.84. The lowest BCUT2D eigenvalue weighted by molar-refractivity contribution is -0.131. The van der Waals surface area contributed by atoms with Gasteiger partial charge in [0.2, 0.25) is 17.7 Å². The van der Waals surface area contributed by atoms with E-state index in [-0.39, 0.29) is 24.3 Å². The van der Waals surface area contributed by atoms with E-state index >= 15 is 0 Å². The number of nitrogens with two attached hydrogens (primary N) is 1. The molecule has 4 N–H and O–H groups in total. The maximum atomic E-state index is 12.5. The van der Waals surface area contributed by atoms with Gasteiger partial charge in [-0.1, -0.05) is 62.9 Å². The Hall–Kier alpha value is -2.37. The molecule has 0 radical (unpaired) electrons. The molecule has 0 aromatic heterocycles. The second-order valence-corrected chi connectivity index (χ2v) is 7.05. The molecule has 0 saturated heterocycles. The third-order valence-electron chi connectivity index (χ3n) is 4.34. The van der Waals surface area contributed by atoms with Gasteiger partial charge in [-0.2, -0.15) is 0 Å². The number of benzene rings is 1. The molecule has 150 valence electrons. The van der Waals surface area contributed by atoms with E-state index in [1.165, 1.54) is 0 Å². The highest BCUT2D eigenvalue weighted by molar-refractivity contribution is 5.91. The molecule has 0 aliphatic carbocycles. The standard InChI is InChI=1S/C21H33N3O3/c1-3-4-5-6-10-13-20(26)24-18(15-19(22)25)21(27)23-16(2)14-17-11-8-7-9-12-17/h7-9,11-12,16,18H,3-6,10,13-15H2,1-2H3,(H2,22,25)(H,23,27)(H,24,26)/t16?,18-/m1/s1. The van der Waals surface area contributed by atoms with Crippen LogP contribution in [0.5, 0.6) is 0 Å². The summed E-state index contributed by atoms with van der Waals surface area (Å²) in [5.41, 5.74) is 6.35. The van der Waals surface area contributed by atoms with Crippen LogP contribution in [0.3, 0.4) is 0 Å². The third-order valence-corrected chi connectivity index (χ3v) is 4.34. The van der Waals surface area contributed by atoms with Crippen LogP contribution in [0.1, 0.15) is 64.4 Å². The molecule has 1 rings (SSSR count). The van der Waals surface area contributed by atoms with Gasteiger partial charge in [0.15, 0.2) is 0 Å². The highest BCUT2D eigenvalue weighted by Crippen LogP contribution is 2.06. The number of hydrogen-bond donors (Lipinski definition) is 3. The summed E-state index contributed by atoms with van der Waals surface area (Å²) in [4.78, 5) is 35.9. The number of nitrogens with one attached hydrogen (secondary N) is 2.